The van der Waals surface area contributed by atoms with Gasteiger partial charge in [-0.3, -0.25) is 9.59 Å². The molecule has 0 bridgehead atoms. The van der Waals surface area contributed by atoms with Gasteiger partial charge in [0, 0.05) is 22.9 Å². The molecular formula is C26H27BrN2O5. The molecule has 4 rings (SSSR count). The highest BCUT2D eigenvalue weighted by Gasteiger charge is 2.44. The molecule has 0 spiro atoms. The van der Waals surface area contributed by atoms with Crippen LogP contribution in [-0.4, -0.2) is 59.9 Å². The molecule has 1 aliphatic heterocycles. The van der Waals surface area contributed by atoms with E-state index in [2.05, 4.69) is 15.9 Å². The average molecular weight is 527 g/mol. The number of Topliss-reactive ketones (excluding diaryl/α,β-unsaturated/α-hetero) is 1. The van der Waals surface area contributed by atoms with E-state index < -0.39 is 23.5 Å². The number of likely N-dealkylation sites (N-methyl/N-ethyl adjacent to an activating group) is 1. The summed E-state index contributed by atoms with van der Waals surface area (Å²) in [6, 6.07) is 13.6. The van der Waals surface area contributed by atoms with Crippen molar-refractivity contribution in [3.8, 4) is 5.75 Å². The monoisotopic (exact) mass is 526 g/mol. The summed E-state index contributed by atoms with van der Waals surface area (Å²) in [5, 5.41) is 11.6. The van der Waals surface area contributed by atoms with Gasteiger partial charge in [0.1, 0.15) is 11.3 Å². The Morgan fingerprint density at radius 3 is 2.53 bits per heavy atom. The van der Waals surface area contributed by atoms with Crippen LogP contribution in [0.4, 0.5) is 0 Å². The van der Waals surface area contributed by atoms with E-state index in [-0.39, 0.29) is 17.4 Å². The number of hydrogen-bond donors (Lipinski definition) is 1. The number of carbonyl (C=O) groups excluding carboxylic acids is 2. The SMILES string of the molecule is CC(C)Oc1ccc(C2C(C(=O)c3cc4cc(Br)ccc4o3)=C(O)C(=O)N2CCN(C)C)cc1. The molecule has 178 valence electrons. The minimum Gasteiger partial charge on any atom is -0.503 e. The molecule has 0 saturated heterocycles. The first-order chi connectivity index (χ1) is 16.2. The van der Waals surface area contributed by atoms with Gasteiger partial charge in [-0.15, -0.1) is 0 Å². The van der Waals surface area contributed by atoms with Crippen molar-refractivity contribution in [2.45, 2.75) is 26.0 Å². The van der Waals surface area contributed by atoms with E-state index in [0.29, 0.717) is 30.0 Å². The Hall–Kier alpha value is -3.10. The Balaban J connectivity index is 1.75. The van der Waals surface area contributed by atoms with Crippen molar-refractivity contribution < 1.29 is 23.8 Å². The third-order valence-corrected chi connectivity index (χ3v) is 6.10. The van der Waals surface area contributed by atoms with Gasteiger partial charge in [-0.05, 0) is 69.9 Å². The van der Waals surface area contributed by atoms with Gasteiger partial charge in [0.2, 0.25) is 5.78 Å². The smallest absolute Gasteiger partial charge is 0.290 e. The number of amides is 1. The second-order valence-corrected chi connectivity index (χ2v) is 9.74. The number of halogens is 1. The van der Waals surface area contributed by atoms with Crippen LogP contribution in [0.15, 0.2) is 68.8 Å². The quantitative estimate of drug-likeness (QED) is 0.410. The number of fused-ring (bicyclic) bond motifs is 1. The van der Waals surface area contributed by atoms with E-state index in [4.69, 9.17) is 9.15 Å². The number of nitrogens with zero attached hydrogens (tertiary/aromatic N) is 2. The van der Waals surface area contributed by atoms with Crippen LogP contribution >= 0.6 is 15.9 Å². The molecule has 7 nitrogen and oxygen atoms in total. The van der Waals surface area contributed by atoms with Crippen molar-refractivity contribution in [2.24, 2.45) is 0 Å². The highest BCUT2D eigenvalue weighted by Crippen LogP contribution is 2.40. The van der Waals surface area contributed by atoms with E-state index in [9.17, 15) is 14.7 Å². The van der Waals surface area contributed by atoms with Crippen LogP contribution in [0, 0.1) is 0 Å². The van der Waals surface area contributed by atoms with Crippen LogP contribution in [0.3, 0.4) is 0 Å². The maximum atomic E-state index is 13.6. The largest absolute Gasteiger partial charge is 0.503 e. The molecule has 8 heteroatoms. The van der Waals surface area contributed by atoms with Gasteiger partial charge < -0.3 is 24.1 Å². The summed E-state index contributed by atoms with van der Waals surface area (Å²) in [5.41, 5.74) is 1.26. The summed E-state index contributed by atoms with van der Waals surface area (Å²) in [7, 11) is 3.80. The Kier molecular flexibility index (Phi) is 6.81. The van der Waals surface area contributed by atoms with E-state index in [1.165, 1.54) is 4.90 Å². The van der Waals surface area contributed by atoms with Crippen LogP contribution in [-0.2, 0) is 4.79 Å². The third-order valence-electron chi connectivity index (χ3n) is 5.61. The molecule has 2 heterocycles. The number of hydrogen-bond acceptors (Lipinski definition) is 6. The van der Waals surface area contributed by atoms with Gasteiger partial charge in [0.05, 0.1) is 17.7 Å². The summed E-state index contributed by atoms with van der Waals surface area (Å²) < 4.78 is 12.4. The van der Waals surface area contributed by atoms with Crippen LogP contribution in [0.25, 0.3) is 11.0 Å². The Labute approximate surface area is 206 Å². The minimum atomic E-state index is -0.743. The number of ether oxygens (including phenoxy) is 1. The van der Waals surface area contributed by atoms with Gasteiger partial charge >= 0.3 is 0 Å². The van der Waals surface area contributed by atoms with Crippen LogP contribution in [0.2, 0.25) is 0 Å². The maximum absolute atomic E-state index is 13.6. The fourth-order valence-electron chi connectivity index (χ4n) is 4.03. The third kappa shape index (κ3) is 4.74. The molecule has 0 fully saturated rings. The molecule has 1 N–H and O–H groups in total. The Morgan fingerprint density at radius 1 is 1.18 bits per heavy atom. The van der Waals surface area contributed by atoms with Crippen molar-refractivity contribution in [1.82, 2.24) is 9.80 Å². The molecule has 0 saturated carbocycles. The van der Waals surface area contributed by atoms with Crippen LogP contribution in [0.5, 0.6) is 5.75 Å². The average Bonchev–Trinajstić information content (AvgIpc) is 3.31. The van der Waals surface area contributed by atoms with Gasteiger partial charge in [0.15, 0.2) is 11.5 Å². The first-order valence-corrected chi connectivity index (χ1v) is 11.8. The highest BCUT2D eigenvalue weighted by atomic mass is 79.9. The second kappa shape index (κ2) is 9.64. The summed E-state index contributed by atoms with van der Waals surface area (Å²) in [4.78, 5) is 30.1. The zero-order valence-electron chi connectivity index (χ0n) is 19.5. The predicted molar refractivity (Wildman–Crippen MR) is 133 cm³/mol. The highest BCUT2D eigenvalue weighted by molar-refractivity contribution is 9.10. The second-order valence-electron chi connectivity index (χ2n) is 8.82. The Morgan fingerprint density at radius 2 is 1.88 bits per heavy atom. The molecule has 0 aliphatic carbocycles. The van der Waals surface area contributed by atoms with Gasteiger partial charge in [-0.25, -0.2) is 0 Å². The lowest BCUT2D eigenvalue weighted by Gasteiger charge is -2.28. The number of rotatable bonds is 8. The van der Waals surface area contributed by atoms with Crippen molar-refractivity contribution in [3.63, 3.8) is 0 Å². The van der Waals surface area contributed by atoms with Gasteiger partial charge in [-0.2, -0.15) is 0 Å². The number of furan rings is 1. The summed E-state index contributed by atoms with van der Waals surface area (Å²) in [6.07, 6.45) is 0.0182. The summed E-state index contributed by atoms with van der Waals surface area (Å²) >= 11 is 3.42. The fourth-order valence-corrected chi connectivity index (χ4v) is 4.41. The van der Waals surface area contributed by atoms with Crippen molar-refractivity contribution in [3.05, 3.63) is 75.7 Å². The predicted octanol–water partition coefficient (Wildman–Crippen LogP) is 5.12. The maximum Gasteiger partial charge on any atom is 0.290 e. The Bertz CT molecular complexity index is 1260. The molecule has 3 aromatic rings. The standard InChI is InChI=1S/C26H27BrN2O5/c1-15(2)33-19-8-5-16(6-9-19)23-22(25(31)26(32)29(23)12-11-28(3)4)24(30)21-14-17-13-18(27)7-10-20(17)34-21/h5-10,13-15,23,31H,11-12H2,1-4H3. The van der Waals surface area contributed by atoms with Gasteiger partial charge in [-0.1, -0.05) is 28.1 Å². The zero-order chi connectivity index (χ0) is 24.6. The lowest BCUT2D eigenvalue weighted by molar-refractivity contribution is -0.129. The summed E-state index contributed by atoms with van der Waals surface area (Å²) in [6.45, 7) is 4.80. The molecule has 34 heavy (non-hydrogen) atoms. The molecule has 1 aromatic heterocycles. The topological polar surface area (TPSA) is 83.2 Å². The molecule has 1 unspecified atom stereocenters. The zero-order valence-corrected chi connectivity index (χ0v) is 21.1. The number of aliphatic hydroxyl groups excluding tert-OH is 1. The summed E-state index contributed by atoms with van der Waals surface area (Å²) in [5.74, 6) is -0.874. The molecule has 0 radical (unpaired) electrons. The van der Waals surface area contributed by atoms with E-state index in [0.717, 1.165) is 9.86 Å². The van der Waals surface area contributed by atoms with Crippen molar-refractivity contribution >= 4 is 38.6 Å². The number of carbonyl (C=O) groups is 2. The van der Waals surface area contributed by atoms with Crippen molar-refractivity contribution in [1.29, 1.82) is 0 Å². The molecular weight excluding hydrogens is 500 g/mol. The lowest BCUT2D eigenvalue weighted by atomic mass is 9.95. The normalized spacial score (nSPS) is 16.4. The van der Waals surface area contributed by atoms with Crippen molar-refractivity contribution in [2.75, 3.05) is 27.2 Å². The molecule has 1 atom stereocenters. The van der Waals surface area contributed by atoms with E-state index >= 15 is 0 Å². The van der Waals surface area contributed by atoms with E-state index in [1.54, 1.807) is 24.3 Å². The first-order valence-electron chi connectivity index (χ1n) is 11.0. The molecule has 1 amide bonds. The number of aliphatic hydroxyl groups is 1. The van der Waals surface area contributed by atoms with Crippen LogP contribution in [0.1, 0.15) is 36.0 Å². The molecule has 1 aliphatic rings. The number of ketones is 1. The van der Waals surface area contributed by atoms with E-state index in [1.807, 2.05) is 57.1 Å². The molecule has 2 aromatic carbocycles. The first kappa shape index (κ1) is 24.0. The number of benzene rings is 2. The fraction of sp³-hybridized carbons (Fsp3) is 0.308. The lowest BCUT2D eigenvalue weighted by Crippen LogP contribution is -2.36. The van der Waals surface area contributed by atoms with Gasteiger partial charge in [0.25, 0.3) is 5.91 Å². The minimum absolute atomic E-state index is 0.0133. The van der Waals surface area contributed by atoms with Crippen LogP contribution < -0.4 is 4.74 Å².